The molecule has 0 aliphatic carbocycles. The van der Waals surface area contributed by atoms with Gasteiger partial charge in [0.25, 0.3) is 0 Å². The molecule has 0 saturated heterocycles. The maximum atomic E-state index is 13.2. The Morgan fingerprint density at radius 2 is 1.59 bits per heavy atom. The SMILES string of the molecule is CC(C)CCCNc1c(F)c(F)cc(F)c1F. The zero-order valence-electron chi connectivity index (χ0n) is 9.79. The molecule has 0 spiro atoms. The average molecular weight is 249 g/mol. The molecule has 17 heavy (non-hydrogen) atoms. The van der Waals surface area contributed by atoms with Crippen LogP contribution in [0.2, 0.25) is 0 Å². The van der Waals surface area contributed by atoms with E-state index in [1.54, 1.807) is 0 Å². The summed E-state index contributed by atoms with van der Waals surface area (Å²) in [7, 11) is 0. The van der Waals surface area contributed by atoms with Crippen LogP contribution < -0.4 is 5.32 Å². The maximum Gasteiger partial charge on any atom is 0.185 e. The first-order chi connectivity index (χ1) is 7.93. The molecule has 0 bridgehead atoms. The second-order valence-electron chi connectivity index (χ2n) is 4.31. The van der Waals surface area contributed by atoms with Crippen LogP contribution >= 0.6 is 0 Å². The summed E-state index contributed by atoms with van der Waals surface area (Å²) in [5, 5.41) is 2.39. The van der Waals surface area contributed by atoms with E-state index >= 15 is 0 Å². The van der Waals surface area contributed by atoms with Crippen LogP contribution in [0.3, 0.4) is 0 Å². The maximum absolute atomic E-state index is 13.2. The molecule has 0 radical (unpaired) electrons. The number of rotatable bonds is 5. The predicted molar refractivity (Wildman–Crippen MR) is 58.8 cm³/mol. The second kappa shape index (κ2) is 5.89. The van der Waals surface area contributed by atoms with Crippen LogP contribution in [0.4, 0.5) is 23.2 Å². The van der Waals surface area contributed by atoms with Crippen molar-refractivity contribution in [1.29, 1.82) is 0 Å². The summed E-state index contributed by atoms with van der Waals surface area (Å²) in [6.45, 7) is 4.31. The molecule has 1 nitrogen and oxygen atoms in total. The highest BCUT2D eigenvalue weighted by atomic mass is 19.2. The monoisotopic (exact) mass is 249 g/mol. The van der Waals surface area contributed by atoms with Crippen molar-refractivity contribution in [2.75, 3.05) is 11.9 Å². The fourth-order valence-corrected chi connectivity index (χ4v) is 1.45. The van der Waals surface area contributed by atoms with Gasteiger partial charge in [-0.05, 0) is 18.8 Å². The van der Waals surface area contributed by atoms with E-state index in [4.69, 9.17) is 0 Å². The molecule has 0 aromatic heterocycles. The van der Waals surface area contributed by atoms with Crippen molar-refractivity contribution in [2.24, 2.45) is 5.92 Å². The predicted octanol–water partition coefficient (Wildman–Crippen LogP) is 4.09. The van der Waals surface area contributed by atoms with Crippen LogP contribution in [0, 0.1) is 29.2 Å². The Balaban J connectivity index is 2.70. The van der Waals surface area contributed by atoms with E-state index in [9.17, 15) is 17.6 Å². The minimum atomic E-state index is -1.39. The molecular formula is C12H15F4N. The van der Waals surface area contributed by atoms with E-state index < -0.39 is 29.0 Å². The molecular weight excluding hydrogens is 234 g/mol. The first-order valence-corrected chi connectivity index (χ1v) is 5.50. The minimum Gasteiger partial charge on any atom is -0.380 e. The molecule has 0 heterocycles. The molecule has 96 valence electrons. The van der Waals surface area contributed by atoms with E-state index in [2.05, 4.69) is 5.32 Å². The van der Waals surface area contributed by atoms with Gasteiger partial charge in [0.05, 0.1) is 0 Å². The Morgan fingerprint density at radius 1 is 1.06 bits per heavy atom. The summed E-state index contributed by atoms with van der Waals surface area (Å²) in [4.78, 5) is 0. The molecule has 5 heteroatoms. The molecule has 1 rings (SSSR count). The average Bonchev–Trinajstić information content (AvgIpc) is 2.25. The van der Waals surface area contributed by atoms with E-state index in [1.165, 1.54) is 0 Å². The molecule has 0 atom stereocenters. The Morgan fingerprint density at radius 3 is 2.06 bits per heavy atom. The number of halogens is 4. The van der Waals surface area contributed by atoms with Crippen molar-refractivity contribution in [3.63, 3.8) is 0 Å². The first kappa shape index (κ1) is 13.8. The lowest BCUT2D eigenvalue weighted by atomic mass is 10.1. The van der Waals surface area contributed by atoms with Crippen molar-refractivity contribution >= 4 is 5.69 Å². The third-order valence-electron chi connectivity index (χ3n) is 2.37. The third kappa shape index (κ3) is 3.61. The quantitative estimate of drug-likeness (QED) is 0.471. The zero-order valence-corrected chi connectivity index (χ0v) is 9.79. The molecule has 0 aliphatic rings. The Labute approximate surface area is 97.8 Å². The molecule has 0 aliphatic heterocycles. The van der Waals surface area contributed by atoms with Gasteiger partial charge in [-0.3, -0.25) is 0 Å². The zero-order chi connectivity index (χ0) is 13.0. The van der Waals surface area contributed by atoms with Gasteiger partial charge in [-0.25, -0.2) is 17.6 Å². The largest absolute Gasteiger partial charge is 0.380 e. The minimum absolute atomic E-state index is 0.198. The Bertz CT molecular complexity index is 364. The van der Waals surface area contributed by atoms with Gasteiger partial charge in [0.15, 0.2) is 23.3 Å². The summed E-state index contributed by atoms with van der Waals surface area (Å²) in [5.41, 5.74) is -0.730. The Hall–Kier alpha value is -1.26. The topological polar surface area (TPSA) is 12.0 Å². The van der Waals surface area contributed by atoms with E-state index in [0.29, 0.717) is 12.3 Å². The van der Waals surface area contributed by atoms with Gasteiger partial charge >= 0.3 is 0 Å². The lowest BCUT2D eigenvalue weighted by Crippen LogP contribution is -2.09. The van der Waals surface area contributed by atoms with Gasteiger partial charge in [0.2, 0.25) is 0 Å². The van der Waals surface area contributed by atoms with Crippen molar-refractivity contribution in [3.8, 4) is 0 Å². The molecule has 0 amide bonds. The van der Waals surface area contributed by atoms with Gasteiger partial charge < -0.3 is 5.32 Å². The van der Waals surface area contributed by atoms with Crippen molar-refractivity contribution in [3.05, 3.63) is 29.3 Å². The summed E-state index contributed by atoms with van der Waals surface area (Å²) in [6, 6.07) is 0.198. The standard InChI is InChI=1S/C12H15F4N/c1-7(2)4-3-5-17-12-10(15)8(13)6-9(14)11(12)16/h6-7,17H,3-5H2,1-2H3. The molecule has 1 aromatic carbocycles. The highest BCUT2D eigenvalue weighted by molar-refractivity contribution is 5.47. The first-order valence-electron chi connectivity index (χ1n) is 5.50. The van der Waals surface area contributed by atoms with Gasteiger partial charge in [-0.2, -0.15) is 0 Å². The van der Waals surface area contributed by atoms with Crippen LogP contribution in [-0.2, 0) is 0 Å². The fraction of sp³-hybridized carbons (Fsp3) is 0.500. The lowest BCUT2D eigenvalue weighted by Gasteiger charge is -2.10. The Kier molecular flexibility index (Phi) is 4.78. The highest BCUT2D eigenvalue weighted by Crippen LogP contribution is 2.24. The third-order valence-corrected chi connectivity index (χ3v) is 2.37. The summed E-state index contributed by atoms with van der Waals surface area (Å²) >= 11 is 0. The van der Waals surface area contributed by atoms with Crippen LogP contribution in [-0.4, -0.2) is 6.54 Å². The van der Waals surface area contributed by atoms with Gasteiger partial charge in [0.1, 0.15) is 5.69 Å². The molecule has 1 N–H and O–H groups in total. The highest BCUT2D eigenvalue weighted by Gasteiger charge is 2.18. The van der Waals surface area contributed by atoms with Crippen molar-refractivity contribution in [1.82, 2.24) is 0 Å². The van der Waals surface area contributed by atoms with Crippen LogP contribution in [0.15, 0.2) is 6.07 Å². The molecule has 0 saturated carbocycles. The van der Waals surface area contributed by atoms with E-state index in [1.807, 2.05) is 13.8 Å². The lowest BCUT2D eigenvalue weighted by molar-refractivity contribution is 0.457. The van der Waals surface area contributed by atoms with Gasteiger partial charge in [-0.1, -0.05) is 13.8 Å². The number of hydrogen-bond donors (Lipinski definition) is 1. The van der Waals surface area contributed by atoms with E-state index in [0.717, 1.165) is 6.42 Å². The fourth-order valence-electron chi connectivity index (χ4n) is 1.45. The van der Waals surface area contributed by atoms with Gasteiger partial charge in [-0.15, -0.1) is 0 Å². The normalized spacial score (nSPS) is 11.0. The number of benzene rings is 1. The van der Waals surface area contributed by atoms with E-state index in [-0.39, 0.29) is 12.6 Å². The van der Waals surface area contributed by atoms with Crippen LogP contribution in [0.1, 0.15) is 26.7 Å². The van der Waals surface area contributed by atoms with Crippen LogP contribution in [0.5, 0.6) is 0 Å². The number of anilines is 1. The molecule has 0 fully saturated rings. The second-order valence-corrected chi connectivity index (χ2v) is 4.31. The van der Waals surface area contributed by atoms with Crippen LogP contribution in [0.25, 0.3) is 0 Å². The van der Waals surface area contributed by atoms with Gasteiger partial charge in [0, 0.05) is 12.6 Å². The summed E-state index contributed by atoms with van der Waals surface area (Å²) in [5.74, 6) is -5.08. The molecule has 1 aromatic rings. The number of nitrogens with one attached hydrogen (secondary N) is 1. The molecule has 0 unspecified atom stereocenters. The van der Waals surface area contributed by atoms with Crippen molar-refractivity contribution in [2.45, 2.75) is 26.7 Å². The number of hydrogen-bond acceptors (Lipinski definition) is 1. The smallest absolute Gasteiger partial charge is 0.185 e. The van der Waals surface area contributed by atoms with Crippen molar-refractivity contribution < 1.29 is 17.6 Å². The summed E-state index contributed by atoms with van der Waals surface area (Å²) in [6.07, 6.45) is 1.54. The summed E-state index contributed by atoms with van der Waals surface area (Å²) < 4.78 is 52.0.